The molecular formula is C26H31N5O4. The Hall–Kier alpha value is -4.40. The van der Waals surface area contributed by atoms with E-state index in [2.05, 4.69) is 19.9 Å². The van der Waals surface area contributed by atoms with Crippen LogP contribution in [-0.2, 0) is 0 Å². The smallest absolute Gasteiger partial charge is 0.162 e. The molecule has 0 radical (unpaired) electrons. The van der Waals surface area contributed by atoms with Gasteiger partial charge in [-0.1, -0.05) is 13.8 Å². The number of nitrogens with zero attached hydrogens (tertiary/aromatic N) is 2. The third-order valence-electron chi connectivity index (χ3n) is 5.05. The fraction of sp³-hybridized carbons (Fsp3) is 0.231. The summed E-state index contributed by atoms with van der Waals surface area (Å²) in [5, 5.41) is 1.00. The third-order valence-corrected chi connectivity index (χ3v) is 5.05. The van der Waals surface area contributed by atoms with E-state index in [0.717, 1.165) is 22.3 Å². The highest BCUT2D eigenvalue weighted by Crippen LogP contribution is 2.34. The molecule has 4 aromatic rings. The van der Waals surface area contributed by atoms with Crippen molar-refractivity contribution in [1.82, 2.24) is 15.0 Å². The second-order valence-electron chi connectivity index (χ2n) is 7.07. The van der Waals surface area contributed by atoms with Crippen molar-refractivity contribution in [3.05, 3.63) is 54.5 Å². The van der Waals surface area contributed by atoms with Crippen LogP contribution in [0.3, 0.4) is 0 Å². The Morgan fingerprint density at radius 3 is 2.17 bits per heavy atom. The lowest BCUT2D eigenvalue weighted by Crippen LogP contribution is -2.06. The van der Waals surface area contributed by atoms with Gasteiger partial charge in [-0.3, -0.25) is 0 Å². The minimum absolute atomic E-state index is 0.324. The number of methoxy groups -OCH3 is 4. The number of H-pyrrole nitrogens is 2. The largest absolute Gasteiger partial charge is 0.493 e. The van der Waals surface area contributed by atoms with Crippen molar-refractivity contribution in [2.24, 2.45) is 10.7 Å². The molecule has 0 aliphatic heterocycles. The summed E-state index contributed by atoms with van der Waals surface area (Å²) in [6, 6.07) is 11.2. The Morgan fingerprint density at radius 1 is 0.829 bits per heavy atom. The molecule has 9 heteroatoms. The van der Waals surface area contributed by atoms with Gasteiger partial charge in [0, 0.05) is 23.0 Å². The van der Waals surface area contributed by atoms with Crippen LogP contribution in [0.25, 0.3) is 28.4 Å². The van der Waals surface area contributed by atoms with E-state index < -0.39 is 0 Å². The molecule has 2 heterocycles. The molecule has 0 saturated heterocycles. The van der Waals surface area contributed by atoms with E-state index in [1.54, 1.807) is 65.0 Å². The summed E-state index contributed by atoms with van der Waals surface area (Å²) >= 11 is 0. The minimum Gasteiger partial charge on any atom is -0.493 e. The van der Waals surface area contributed by atoms with Gasteiger partial charge in [-0.05, 0) is 36.4 Å². The zero-order valence-electron chi connectivity index (χ0n) is 20.8. The monoisotopic (exact) mass is 477 g/mol. The van der Waals surface area contributed by atoms with Gasteiger partial charge in [0.2, 0.25) is 0 Å². The summed E-state index contributed by atoms with van der Waals surface area (Å²) in [6.45, 7) is 4.00. The number of hydrogen-bond donors (Lipinski definition) is 3. The van der Waals surface area contributed by atoms with E-state index in [9.17, 15) is 0 Å². The lowest BCUT2D eigenvalue weighted by Gasteiger charge is -2.07. The maximum Gasteiger partial charge on any atom is 0.162 e. The van der Waals surface area contributed by atoms with E-state index >= 15 is 0 Å². The highest BCUT2D eigenvalue weighted by Gasteiger charge is 2.11. The second-order valence-corrected chi connectivity index (χ2v) is 7.07. The summed E-state index contributed by atoms with van der Waals surface area (Å²) in [7, 11) is 6.38. The molecule has 9 nitrogen and oxygen atoms in total. The molecule has 0 fully saturated rings. The number of ether oxygens (including phenoxy) is 4. The van der Waals surface area contributed by atoms with Crippen molar-refractivity contribution in [2.75, 3.05) is 28.4 Å². The van der Waals surface area contributed by atoms with E-state index in [1.807, 2.05) is 32.0 Å². The van der Waals surface area contributed by atoms with E-state index in [-0.39, 0.29) is 0 Å². The zero-order valence-corrected chi connectivity index (χ0v) is 20.8. The Morgan fingerprint density at radius 2 is 1.49 bits per heavy atom. The number of amidine groups is 1. The normalized spacial score (nSPS) is 11.3. The first-order valence-electron chi connectivity index (χ1n) is 11.1. The molecule has 4 rings (SSSR count). The van der Waals surface area contributed by atoms with Gasteiger partial charge in [-0.15, -0.1) is 0 Å². The lowest BCUT2D eigenvalue weighted by atomic mass is 10.2. The molecule has 2 aromatic carbocycles. The number of benzene rings is 2. The summed E-state index contributed by atoms with van der Waals surface area (Å²) in [4.78, 5) is 15.4. The van der Waals surface area contributed by atoms with Crippen molar-refractivity contribution >= 4 is 28.5 Å². The average Bonchev–Trinajstić information content (AvgIpc) is 3.54. The van der Waals surface area contributed by atoms with Crippen molar-refractivity contribution in [3.8, 4) is 34.4 Å². The molecule has 184 valence electrons. The van der Waals surface area contributed by atoms with Crippen molar-refractivity contribution in [1.29, 1.82) is 0 Å². The van der Waals surface area contributed by atoms with Gasteiger partial charge < -0.3 is 34.6 Å². The van der Waals surface area contributed by atoms with Crippen LogP contribution in [0.1, 0.15) is 19.7 Å². The lowest BCUT2D eigenvalue weighted by molar-refractivity contribution is 0.355. The number of hydrogen-bond acceptors (Lipinski definition) is 6. The zero-order chi connectivity index (χ0) is 25.4. The summed E-state index contributed by atoms with van der Waals surface area (Å²) in [5.74, 6) is 3.51. The second kappa shape index (κ2) is 11.6. The molecule has 0 aliphatic rings. The van der Waals surface area contributed by atoms with E-state index in [4.69, 9.17) is 24.7 Å². The van der Waals surface area contributed by atoms with Gasteiger partial charge in [-0.2, -0.15) is 0 Å². The summed E-state index contributed by atoms with van der Waals surface area (Å²) in [5.41, 5.74) is 9.36. The summed E-state index contributed by atoms with van der Waals surface area (Å²) in [6.07, 6.45) is 5.19. The van der Waals surface area contributed by atoms with Gasteiger partial charge in [0.1, 0.15) is 11.7 Å². The van der Waals surface area contributed by atoms with Crippen LogP contribution in [0.2, 0.25) is 0 Å². The Labute approximate surface area is 204 Å². The number of aromatic nitrogens is 3. The molecule has 0 aliphatic carbocycles. The Bertz CT molecular complexity index is 1300. The van der Waals surface area contributed by atoms with Crippen molar-refractivity contribution in [2.45, 2.75) is 13.8 Å². The van der Waals surface area contributed by atoms with Crippen molar-refractivity contribution in [3.63, 3.8) is 0 Å². The van der Waals surface area contributed by atoms with Crippen LogP contribution in [0.15, 0.2) is 53.7 Å². The standard InChI is InChI=1S/C24H25N5O4.C2H6/c1-30-19-6-5-15(11-21(19)32-3)27-23(25)7-8-24-26-13-18(29-24)17-9-14-10-20(31-2)22(33-4)12-16(14)28-17;1-2/h5-13,28H,1-4H3,(H2,25,27)(H,26,29);1-2H3/b8-7-;. The molecule has 0 atom stereocenters. The number of fused-ring (bicyclic) bond motifs is 1. The molecule has 0 amide bonds. The maximum atomic E-state index is 6.06. The van der Waals surface area contributed by atoms with Crippen LogP contribution in [0.4, 0.5) is 5.69 Å². The molecule has 0 unspecified atom stereocenters. The Kier molecular flexibility index (Phi) is 8.39. The number of aromatic amines is 2. The highest BCUT2D eigenvalue weighted by atomic mass is 16.5. The van der Waals surface area contributed by atoms with E-state index in [0.29, 0.717) is 40.3 Å². The first kappa shape index (κ1) is 25.2. The van der Waals surface area contributed by atoms with Crippen LogP contribution in [-0.4, -0.2) is 49.2 Å². The molecule has 0 spiro atoms. The van der Waals surface area contributed by atoms with E-state index in [1.165, 1.54) is 0 Å². The predicted octanol–water partition coefficient (Wildman–Crippen LogP) is 5.32. The van der Waals surface area contributed by atoms with Gasteiger partial charge >= 0.3 is 0 Å². The topological polar surface area (TPSA) is 120 Å². The molecule has 35 heavy (non-hydrogen) atoms. The fourth-order valence-corrected chi connectivity index (χ4v) is 3.41. The molecule has 4 N–H and O–H groups in total. The number of nitrogens with one attached hydrogen (secondary N) is 2. The van der Waals surface area contributed by atoms with Crippen LogP contribution >= 0.6 is 0 Å². The van der Waals surface area contributed by atoms with Gasteiger partial charge in [0.05, 0.1) is 51.7 Å². The van der Waals surface area contributed by atoms with Crippen LogP contribution < -0.4 is 24.7 Å². The minimum atomic E-state index is 0.324. The molecule has 2 aromatic heterocycles. The van der Waals surface area contributed by atoms with Gasteiger partial charge in [0.15, 0.2) is 23.0 Å². The van der Waals surface area contributed by atoms with Crippen molar-refractivity contribution < 1.29 is 18.9 Å². The predicted molar refractivity (Wildman–Crippen MR) is 140 cm³/mol. The first-order chi connectivity index (χ1) is 17.0. The molecule has 0 bridgehead atoms. The quantitative estimate of drug-likeness (QED) is 0.233. The summed E-state index contributed by atoms with van der Waals surface area (Å²) < 4.78 is 21.3. The Balaban J connectivity index is 0.00000167. The maximum absolute atomic E-state index is 6.06. The fourth-order valence-electron chi connectivity index (χ4n) is 3.41. The average molecular weight is 478 g/mol. The SMILES string of the molecule is CC.COc1ccc(N=C(N)/C=C\c2ncc(-c3cc4cc(OC)c(OC)cc4[nH]3)[nH]2)cc1OC. The van der Waals surface area contributed by atoms with Crippen LogP contribution in [0, 0.1) is 0 Å². The first-order valence-corrected chi connectivity index (χ1v) is 11.1. The number of nitrogens with two attached hydrogens (primary N) is 1. The number of aliphatic imine (C=N–C) groups is 1. The van der Waals surface area contributed by atoms with Gasteiger partial charge in [0.25, 0.3) is 0 Å². The number of rotatable bonds is 8. The highest BCUT2D eigenvalue weighted by molar-refractivity contribution is 5.96. The van der Waals surface area contributed by atoms with Crippen LogP contribution in [0.5, 0.6) is 23.0 Å². The number of imidazole rings is 1. The van der Waals surface area contributed by atoms with Gasteiger partial charge in [-0.25, -0.2) is 9.98 Å². The molecule has 0 saturated carbocycles. The third kappa shape index (κ3) is 5.75. The molecular weight excluding hydrogens is 446 g/mol.